The van der Waals surface area contributed by atoms with Gasteiger partial charge in [-0.15, -0.1) is 11.3 Å². The van der Waals surface area contributed by atoms with Gasteiger partial charge >= 0.3 is 0 Å². The fraction of sp³-hybridized carbons (Fsp3) is 0.471. The number of amides is 1. The van der Waals surface area contributed by atoms with Crippen LogP contribution in [0.3, 0.4) is 0 Å². The zero-order valence-corrected chi connectivity index (χ0v) is 13.8. The van der Waals surface area contributed by atoms with Gasteiger partial charge in [-0.3, -0.25) is 14.7 Å². The van der Waals surface area contributed by atoms with Gasteiger partial charge < -0.3 is 4.90 Å². The Labute approximate surface area is 140 Å². The molecule has 3 aliphatic heterocycles. The average molecular weight is 328 g/mol. The molecule has 2 bridgehead atoms. The highest BCUT2D eigenvalue weighted by Gasteiger charge is 2.37. The molecule has 5 rings (SSSR count). The van der Waals surface area contributed by atoms with Crippen LogP contribution in [0.1, 0.15) is 28.3 Å². The van der Waals surface area contributed by atoms with Crippen molar-refractivity contribution >= 4 is 17.2 Å². The molecule has 120 valence electrons. The van der Waals surface area contributed by atoms with Crippen LogP contribution in [0.5, 0.6) is 0 Å². The molecule has 2 aromatic rings. The molecular formula is C17H20N4OS. The summed E-state index contributed by atoms with van der Waals surface area (Å²) in [5.41, 5.74) is 0.556. The monoisotopic (exact) mass is 328 g/mol. The summed E-state index contributed by atoms with van der Waals surface area (Å²) in [6.45, 7) is 3.62. The van der Waals surface area contributed by atoms with E-state index in [1.807, 2.05) is 34.7 Å². The van der Waals surface area contributed by atoms with E-state index in [-0.39, 0.29) is 5.91 Å². The van der Waals surface area contributed by atoms with E-state index in [0.717, 1.165) is 26.2 Å². The molecule has 0 saturated carbocycles. The third kappa shape index (κ3) is 3.14. The number of hydrogen-bond acceptors (Lipinski definition) is 5. The summed E-state index contributed by atoms with van der Waals surface area (Å²) in [5, 5.41) is 3.20. The van der Waals surface area contributed by atoms with E-state index in [0.29, 0.717) is 17.7 Å². The van der Waals surface area contributed by atoms with Gasteiger partial charge in [0, 0.05) is 43.4 Å². The molecule has 0 spiro atoms. The van der Waals surface area contributed by atoms with Crippen LogP contribution >= 0.6 is 11.3 Å². The average Bonchev–Trinajstić information content (AvgIpc) is 2.93. The molecule has 1 amide bonds. The Morgan fingerprint density at radius 2 is 2.13 bits per heavy atom. The number of nitrogens with zero attached hydrogens (tertiary/aromatic N) is 4. The lowest BCUT2D eigenvalue weighted by molar-refractivity contribution is 0.0730. The van der Waals surface area contributed by atoms with Crippen LogP contribution in [0.25, 0.3) is 0 Å². The van der Waals surface area contributed by atoms with E-state index in [2.05, 4.69) is 14.9 Å². The van der Waals surface area contributed by atoms with Crippen LogP contribution in [0, 0.1) is 5.92 Å². The fourth-order valence-corrected chi connectivity index (χ4v) is 4.34. The van der Waals surface area contributed by atoms with Crippen molar-refractivity contribution in [2.24, 2.45) is 5.92 Å². The van der Waals surface area contributed by atoms with E-state index in [4.69, 9.17) is 0 Å². The second kappa shape index (κ2) is 6.37. The van der Waals surface area contributed by atoms with Gasteiger partial charge in [0.05, 0.1) is 6.54 Å². The molecule has 3 saturated heterocycles. The first-order chi connectivity index (χ1) is 11.3. The molecule has 5 nitrogen and oxygen atoms in total. The van der Waals surface area contributed by atoms with Crippen LogP contribution in [-0.4, -0.2) is 51.4 Å². The number of rotatable bonds is 3. The third-order valence-electron chi connectivity index (χ3n) is 4.82. The van der Waals surface area contributed by atoms with Crippen LogP contribution < -0.4 is 0 Å². The molecule has 2 aromatic heterocycles. The summed E-state index contributed by atoms with van der Waals surface area (Å²) in [6.07, 6.45) is 5.94. The van der Waals surface area contributed by atoms with Crippen molar-refractivity contribution in [2.45, 2.75) is 25.4 Å². The smallest absolute Gasteiger partial charge is 0.272 e. The SMILES string of the molecule is O=C(c1ccccn1)N1C[C@@H]2CC[C@H](C1)N(Cc1nccs1)C2. The first kappa shape index (κ1) is 14.8. The van der Waals surface area contributed by atoms with E-state index in [1.165, 1.54) is 17.8 Å². The van der Waals surface area contributed by atoms with Crippen molar-refractivity contribution < 1.29 is 4.79 Å². The molecule has 3 fully saturated rings. The molecule has 0 unspecified atom stereocenters. The Morgan fingerprint density at radius 3 is 2.91 bits per heavy atom. The minimum absolute atomic E-state index is 0.0681. The van der Waals surface area contributed by atoms with Gasteiger partial charge in [-0.2, -0.15) is 0 Å². The Hall–Kier alpha value is -1.79. The first-order valence-corrected chi connectivity index (χ1v) is 9.00. The summed E-state index contributed by atoms with van der Waals surface area (Å²) in [6, 6.07) is 5.97. The zero-order valence-electron chi connectivity index (χ0n) is 13.0. The summed E-state index contributed by atoms with van der Waals surface area (Å²) in [4.78, 5) is 25.9. The predicted molar refractivity (Wildman–Crippen MR) is 89.2 cm³/mol. The molecule has 3 aliphatic rings. The highest BCUT2D eigenvalue weighted by Crippen LogP contribution is 2.30. The van der Waals surface area contributed by atoms with E-state index >= 15 is 0 Å². The highest BCUT2D eigenvalue weighted by molar-refractivity contribution is 7.09. The molecule has 0 N–H and O–H groups in total. The maximum Gasteiger partial charge on any atom is 0.272 e. The van der Waals surface area contributed by atoms with Crippen molar-refractivity contribution in [3.05, 3.63) is 46.7 Å². The minimum atomic E-state index is 0.0681. The Kier molecular flexibility index (Phi) is 4.10. The van der Waals surface area contributed by atoms with E-state index in [9.17, 15) is 4.79 Å². The van der Waals surface area contributed by atoms with Gasteiger partial charge in [0.2, 0.25) is 0 Å². The summed E-state index contributed by atoms with van der Waals surface area (Å²) >= 11 is 1.71. The molecule has 0 radical (unpaired) electrons. The second-order valence-corrected chi connectivity index (χ2v) is 7.36. The summed E-state index contributed by atoms with van der Waals surface area (Å²) < 4.78 is 0. The van der Waals surface area contributed by atoms with Crippen LogP contribution in [0.15, 0.2) is 36.0 Å². The van der Waals surface area contributed by atoms with Crippen molar-refractivity contribution in [3.63, 3.8) is 0 Å². The van der Waals surface area contributed by atoms with Crippen molar-refractivity contribution in [1.82, 2.24) is 19.8 Å². The zero-order chi connectivity index (χ0) is 15.6. The molecule has 6 heteroatoms. The number of pyridine rings is 1. The van der Waals surface area contributed by atoms with Crippen LogP contribution in [0.2, 0.25) is 0 Å². The van der Waals surface area contributed by atoms with Gasteiger partial charge in [0.15, 0.2) is 0 Å². The van der Waals surface area contributed by atoms with Crippen molar-refractivity contribution in [3.8, 4) is 0 Å². The second-order valence-electron chi connectivity index (χ2n) is 6.38. The summed E-state index contributed by atoms with van der Waals surface area (Å²) in [7, 11) is 0. The van der Waals surface area contributed by atoms with Crippen molar-refractivity contribution in [2.75, 3.05) is 19.6 Å². The lowest BCUT2D eigenvalue weighted by Gasteiger charge is -2.35. The molecule has 23 heavy (non-hydrogen) atoms. The number of fused-ring (bicyclic) bond motifs is 4. The number of aromatic nitrogens is 2. The quantitative estimate of drug-likeness (QED) is 0.867. The lowest BCUT2D eigenvalue weighted by atomic mass is 9.95. The van der Waals surface area contributed by atoms with Crippen LogP contribution in [0.4, 0.5) is 0 Å². The summed E-state index contributed by atoms with van der Waals surface area (Å²) in [5.74, 6) is 0.625. The van der Waals surface area contributed by atoms with Crippen molar-refractivity contribution in [1.29, 1.82) is 0 Å². The number of thiazole rings is 1. The van der Waals surface area contributed by atoms with Gasteiger partial charge in [-0.25, -0.2) is 4.98 Å². The highest BCUT2D eigenvalue weighted by atomic mass is 32.1. The topological polar surface area (TPSA) is 49.3 Å². The van der Waals surface area contributed by atoms with Crippen LogP contribution in [-0.2, 0) is 6.54 Å². The Morgan fingerprint density at radius 1 is 1.17 bits per heavy atom. The Bertz CT molecular complexity index is 660. The number of piperidine rings is 1. The molecule has 2 atom stereocenters. The van der Waals surface area contributed by atoms with Gasteiger partial charge in [0.1, 0.15) is 10.7 Å². The van der Waals surface area contributed by atoms with Gasteiger partial charge in [0.25, 0.3) is 5.91 Å². The normalized spacial score (nSPS) is 24.6. The fourth-order valence-electron chi connectivity index (χ4n) is 3.69. The number of carbonyl (C=O) groups excluding carboxylic acids is 1. The minimum Gasteiger partial charge on any atom is -0.335 e. The molecular weight excluding hydrogens is 308 g/mol. The lowest BCUT2D eigenvalue weighted by Crippen LogP contribution is -2.44. The number of hydrogen-bond donors (Lipinski definition) is 0. The maximum atomic E-state index is 12.7. The molecule has 0 aromatic carbocycles. The maximum absolute atomic E-state index is 12.7. The number of carbonyl (C=O) groups is 1. The third-order valence-corrected chi connectivity index (χ3v) is 5.58. The van der Waals surface area contributed by atoms with Gasteiger partial charge in [-0.1, -0.05) is 6.07 Å². The van der Waals surface area contributed by atoms with E-state index in [1.54, 1.807) is 17.5 Å². The largest absolute Gasteiger partial charge is 0.335 e. The Balaban J connectivity index is 1.50. The predicted octanol–water partition coefficient (Wildman–Crippen LogP) is 2.27. The standard InChI is InChI=1S/C17H20N4OS/c22-17(15-3-1-2-6-18-15)21-10-13-4-5-14(11-21)20(9-13)12-16-19-7-8-23-16/h1-3,6-8,13-14H,4-5,9-12H2/t13-,14-/m1/s1. The van der Waals surface area contributed by atoms with E-state index < -0.39 is 0 Å². The first-order valence-electron chi connectivity index (χ1n) is 8.12. The molecule has 5 heterocycles. The molecule has 0 aliphatic carbocycles. The van der Waals surface area contributed by atoms with Gasteiger partial charge in [-0.05, 0) is 30.9 Å².